The van der Waals surface area contributed by atoms with E-state index in [0.29, 0.717) is 28.4 Å². The highest BCUT2D eigenvalue weighted by Crippen LogP contribution is 2.41. The molecule has 0 atom stereocenters. The van der Waals surface area contributed by atoms with E-state index < -0.39 is 18.1 Å². The van der Waals surface area contributed by atoms with E-state index in [9.17, 15) is 9.59 Å². The number of hydrogen-bond acceptors (Lipinski definition) is 6. The normalized spacial score (nSPS) is 13.8. The first-order valence-corrected chi connectivity index (χ1v) is 9.02. The first-order valence-electron chi connectivity index (χ1n) is 9.02. The molecule has 29 heavy (non-hydrogen) atoms. The highest BCUT2D eigenvalue weighted by Gasteiger charge is 2.29. The third-order valence-electron chi connectivity index (χ3n) is 4.53. The van der Waals surface area contributed by atoms with E-state index in [0.717, 1.165) is 0 Å². The molecule has 152 valence electrons. The summed E-state index contributed by atoms with van der Waals surface area (Å²) in [6, 6.07) is 8.06. The fourth-order valence-electron chi connectivity index (χ4n) is 3.07. The van der Waals surface area contributed by atoms with Crippen molar-refractivity contribution in [1.29, 1.82) is 0 Å². The predicted octanol–water partition coefficient (Wildman–Crippen LogP) is 3.05. The van der Waals surface area contributed by atoms with E-state index in [-0.39, 0.29) is 17.0 Å². The fourth-order valence-corrected chi connectivity index (χ4v) is 3.07. The standard InChI is InChI=1S/C22H23NO6/c1-22(2)10-9-15-18(28-4)8-7-16(21(15)29-22)20(26)14-6-5-13(27-3)11-17(14)23-19(25)12-24/h5-11,24H,12H2,1-4H3,(H,23,25). The van der Waals surface area contributed by atoms with Crippen molar-refractivity contribution in [2.24, 2.45) is 0 Å². The van der Waals surface area contributed by atoms with Gasteiger partial charge in [-0.1, -0.05) is 0 Å². The highest BCUT2D eigenvalue weighted by atomic mass is 16.5. The van der Waals surface area contributed by atoms with Crippen molar-refractivity contribution < 1.29 is 28.9 Å². The molecule has 1 aliphatic rings. The van der Waals surface area contributed by atoms with Gasteiger partial charge >= 0.3 is 0 Å². The molecule has 0 saturated carbocycles. The Morgan fingerprint density at radius 1 is 1.10 bits per heavy atom. The number of rotatable bonds is 6. The van der Waals surface area contributed by atoms with Crippen LogP contribution in [0, 0.1) is 0 Å². The largest absolute Gasteiger partial charge is 0.497 e. The zero-order chi connectivity index (χ0) is 21.2. The zero-order valence-electron chi connectivity index (χ0n) is 16.7. The van der Waals surface area contributed by atoms with Crippen LogP contribution >= 0.6 is 0 Å². The molecule has 0 radical (unpaired) electrons. The average molecular weight is 397 g/mol. The second-order valence-electron chi connectivity index (χ2n) is 7.04. The first kappa shape index (κ1) is 20.4. The summed E-state index contributed by atoms with van der Waals surface area (Å²) in [7, 11) is 3.03. The van der Waals surface area contributed by atoms with Crippen molar-refractivity contribution >= 4 is 23.5 Å². The number of methoxy groups -OCH3 is 2. The number of amides is 1. The van der Waals surface area contributed by atoms with Crippen LogP contribution in [0.2, 0.25) is 0 Å². The number of aliphatic hydroxyl groups is 1. The summed E-state index contributed by atoms with van der Waals surface area (Å²) in [6.07, 6.45) is 3.77. The third-order valence-corrected chi connectivity index (χ3v) is 4.53. The summed E-state index contributed by atoms with van der Waals surface area (Å²) in [5, 5.41) is 11.6. The molecular formula is C22H23NO6. The van der Waals surface area contributed by atoms with Crippen molar-refractivity contribution in [3.63, 3.8) is 0 Å². The van der Waals surface area contributed by atoms with Crippen LogP contribution in [0.15, 0.2) is 36.4 Å². The maximum Gasteiger partial charge on any atom is 0.250 e. The lowest BCUT2D eigenvalue weighted by molar-refractivity contribution is -0.118. The number of ketones is 1. The van der Waals surface area contributed by atoms with Gasteiger partial charge in [0, 0.05) is 11.6 Å². The minimum absolute atomic E-state index is 0.239. The second kappa shape index (κ2) is 7.97. The Kier molecular flexibility index (Phi) is 5.61. The van der Waals surface area contributed by atoms with Gasteiger partial charge in [0.2, 0.25) is 5.91 Å². The van der Waals surface area contributed by atoms with Gasteiger partial charge in [-0.05, 0) is 50.3 Å². The van der Waals surface area contributed by atoms with Gasteiger partial charge in [0.15, 0.2) is 5.78 Å². The van der Waals surface area contributed by atoms with Crippen molar-refractivity contribution in [1.82, 2.24) is 0 Å². The molecule has 2 aromatic carbocycles. The molecule has 2 N–H and O–H groups in total. The summed E-state index contributed by atoms with van der Waals surface area (Å²) in [6.45, 7) is 3.08. The van der Waals surface area contributed by atoms with Crippen LogP contribution in [0.3, 0.4) is 0 Å². The molecule has 0 saturated heterocycles. The van der Waals surface area contributed by atoms with Crippen LogP contribution in [-0.4, -0.2) is 43.2 Å². The number of carbonyl (C=O) groups excluding carboxylic acids is 2. The smallest absolute Gasteiger partial charge is 0.250 e. The number of benzene rings is 2. The monoisotopic (exact) mass is 397 g/mol. The quantitative estimate of drug-likeness (QED) is 0.728. The number of carbonyl (C=O) groups is 2. The Morgan fingerprint density at radius 2 is 1.83 bits per heavy atom. The molecule has 1 aliphatic heterocycles. The highest BCUT2D eigenvalue weighted by molar-refractivity contribution is 6.16. The summed E-state index contributed by atoms with van der Waals surface area (Å²) in [5.74, 6) is 0.492. The van der Waals surface area contributed by atoms with Crippen LogP contribution in [0.25, 0.3) is 6.08 Å². The minimum atomic E-state index is -0.704. The lowest BCUT2D eigenvalue weighted by atomic mass is 9.94. The van der Waals surface area contributed by atoms with Gasteiger partial charge in [-0.3, -0.25) is 9.59 Å². The Bertz CT molecular complexity index is 993. The van der Waals surface area contributed by atoms with E-state index in [1.165, 1.54) is 13.2 Å². The first-order chi connectivity index (χ1) is 13.8. The van der Waals surface area contributed by atoms with Crippen LogP contribution < -0.4 is 19.5 Å². The molecular weight excluding hydrogens is 374 g/mol. The number of hydrogen-bond donors (Lipinski definition) is 2. The van der Waals surface area contributed by atoms with E-state index >= 15 is 0 Å². The van der Waals surface area contributed by atoms with Crippen LogP contribution in [0.4, 0.5) is 5.69 Å². The van der Waals surface area contributed by atoms with Gasteiger partial charge in [-0.15, -0.1) is 0 Å². The molecule has 3 rings (SSSR count). The molecule has 0 aromatic heterocycles. The summed E-state index contributed by atoms with van der Waals surface area (Å²) >= 11 is 0. The van der Waals surface area contributed by atoms with Crippen LogP contribution in [-0.2, 0) is 4.79 Å². The number of aliphatic hydroxyl groups excluding tert-OH is 1. The van der Waals surface area contributed by atoms with Gasteiger partial charge in [0.25, 0.3) is 0 Å². The van der Waals surface area contributed by atoms with Crippen molar-refractivity contribution in [3.05, 3.63) is 53.1 Å². The molecule has 0 spiro atoms. The van der Waals surface area contributed by atoms with E-state index in [1.807, 2.05) is 26.0 Å². The van der Waals surface area contributed by atoms with Crippen molar-refractivity contribution in [2.45, 2.75) is 19.4 Å². The minimum Gasteiger partial charge on any atom is -0.497 e. The van der Waals surface area contributed by atoms with Gasteiger partial charge < -0.3 is 24.6 Å². The maximum absolute atomic E-state index is 13.4. The lowest BCUT2D eigenvalue weighted by Gasteiger charge is -2.30. The SMILES string of the molecule is COc1ccc(C(=O)c2ccc(OC)c3c2OC(C)(C)C=C3)c(NC(=O)CO)c1. The zero-order valence-corrected chi connectivity index (χ0v) is 16.7. The Labute approximate surface area is 168 Å². The molecule has 0 unspecified atom stereocenters. The predicted molar refractivity (Wildman–Crippen MR) is 109 cm³/mol. The number of fused-ring (bicyclic) bond motifs is 1. The molecule has 1 heterocycles. The topological polar surface area (TPSA) is 94.1 Å². The summed E-state index contributed by atoms with van der Waals surface area (Å²) in [5.41, 5.74) is 0.900. The number of ether oxygens (including phenoxy) is 3. The molecule has 7 heteroatoms. The van der Waals surface area contributed by atoms with Crippen LogP contribution in [0.5, 0.6) is 17.2 Å². The molecule has 7 nitrogen and oxygen atoms in total. The Balaban J connectivity index is 2.13. The number of anilines is 1. The molecule has 0 aliphatic carbocycles. The van der Waals surface area contributed by atoms with Gasteiger partial charge in [0.05, 0.1) is 31.0 Å². The molecule has 1 amide bonds. The van der Waals surface area contributed by atoms with Crippen LogP contribution in [0.1, 0.15) is 35.3 Å². The van der Waals surface area contributed by atoms with Crippen molar-refractivity contribution in [3.8, 4) is 17.2 Å². The molecule has 2 aromatic rings. The van der Waals surface area contributed by atoms with Gasteiger partial charge in [0.1, 0.15) is 29.5 Å². The van der Waals surface area contributed by atoms with Gasteiger partial charge in [-0.2, -0.15) is 0 Å². The van der Waals surface area contributed by atoms with Crippen molar-refractivity contribution in [2.75, 3.05) is 26.1 Å². The van der Waals surface area contributed by atoms with Gasteiger partial charge in [-0.25, -0.2) is 0 Å². The van der Waals surface area contributed by atoms with E-state index in [2.05, 4.69) is 5.32 Å². The number of nitrogens with one attached hydrogen (secondary N) is 1. The summed E-state index contributed by atoms with van der Waals surface area (Å²) < 4.78 is 16.7. The lowest BCUT2D eigenvalue weighted by Crippen LogP contribution is -2.29. The third kappa shape index (κ3) is 4.09. The maximum atomic E-state index is 13.4. The van der Waals surface area contributed by atoms with E-state index in [4.69, 9.17) is 19.3 Å². The molecule has 0 bridgehead atoms. The Morgan fingerprint density at radius 3 is 2.48 bits per heavy atom. The summed E-state index contributed by atoms with van der Waals surface area (Å²) in [4.78, 5) is 25.1. The second-order valence-corrected chi connectivity index (χ2v) is 7.04. The van der Waals surface area contributed by atoms with E-state index in [1.54, 1.807) is 31.4 Å². The Hall–Kier alpha value is -3.32. The average Bonchev–Trinajstić information content (AvgIpc) is 2.71. The fraction of sp³-hybridized carbons (Fsp3) is 0.273. The molecule has 0 fully saturated rings.